The molecule has 0 aromatic rings. The van der Waals surface area contributed by atoms with Crippen LogP contribution in [0.3, 0.4) is 0 Å². The van der Waals surface area contributed by atoms with Gasteiger partial charge in [0.2, 0.25) is 0 Å². The maximum atomic E-state index is 12.9. The van der Waals surface area contributed by atoms with Gasteiger partial charge in [-0.05, 0) is 64.2 Å². The van der Waals surface area contributed by atoms with Crippen LogP contribution in [0.5, 0.6) is 0 Å². The number of hydrogen-bond acceptors (Lipinski definition) is 8. The third kappa shape index (κ3) is 64.3. The summed E-state index contributed by atoms with van der Waals surface area (Å²) in [4.78, 5) is 37.5. The highest BCUT2D eigenvalue weighted by molar-refractivity contribution is 5.70. The molecule has 82 heavy (non-hydrogen) atoms. The SMILES string of the molecule is CC/C=C\C/C=C\C/C=C\C/C=C\C/C=C\C/C=C\CCCCCCCCCCCCCCCCCCC(=O)OC(COC(=O)CCCCCCCCCCCCCCCCCCCCCCCC)COC(OCC[N+](C)(C)C)C(=O)[O-]. The van der Waals surface area contributed by atoms with Crippen LogP contribution in [-0.4, -0.2) is 82.3 Å². The summed E-state index contributed by atoms with van der Waals surface area (Å²) in [7, 11) is 5.94. The molecule has 0 aromatic heterocycles. The number of carboxylic acids is 1. The minimum atomic E-state index is -1.62. The lowest BCUT2D eigenvalue weighted by Crippen LogP contribution is -2.44. The first kappa shape index (κ1) is 78.7. The standard InChI is InChI=1S/C73H131NO8/c1-6-8-10-12-14-16-18-20-22-24-26-28-30-31-32-33-34-35-36-37-38-39-40-41-42-44-46-48-50-52-54-56-58-60-62-64-71(76)82-69(68-81-73(72(77)78)79-66-65-74(3,4)5)67-80-70(75)63-61-59-57-55-53-51-49-47-45-43-29-27-25-23-21-19-17-15-13-11-9-7-2/h8,10,14,16,20,22,26,28,31-32,34-35,69,73H,6-7,9,11-13,15,17-19,21,23-25,27,29-30,33,36-68H2,1-5H3/b10-8-,16-14-,22-20-,28-26-,32-31-,35-34-. The molecule has 2 atom stereocenters. The summed E-state index contributed by atoms with van der Waals surface area (Å²) >= 11 is 0. The van der Waals surface area contributed by atoms with E-state index in [1.807, 2.05) is 21.1 Å². The normalized spacial score (nSPS) is 13.1. The van der Waals surface area contributed by atoms with Gasteiger partial charge in [-0.3, -0.25) is 9.59 Å². The van der Waals surface area contributed by atoms with Crippen LogP contribution in [0.15, 0.2) is 72.9 Å². The van der Waals surface area contributed by atoms with Gasteiger partial charge >= 0.3 is 11.9 Å². The van der Waals surface area contributed by atoms with E-state index in [1.165, 1.54) is 212 Å². The molecule has 0 aliphatic carbocycles. The quantitative estimate of drug-likeness (QED) is 0.0195. The van der Waals surface area contributed by atoms with Crippen molar-refractivity contribution in [3.05, 3.63) is 72.9 Å². The molecule has 0 radical (unpaired) electrons. The van der Waals surface area contributed by atoms with E-state index in [9.17, 15) is 19.5 Å². The molecule has 0 saturated carbocycles. The van der Waals surface area contributed by atoms with E-state index in [1.54, 1.807) is 0 Å². The van der Waals surface area contributed by atoms with Gasteiger partial charge in [0.05, 0.1) is 40.3 Å². The van der Waals surface area contributed by atoms with Crippen LogP contribution in [0.25, 0.3) is 0 Å². The summed E-state index contributed by atoms with van der Waals surface area (Å²) < 4.78 is 22.8. The summed E-state index contributed by atoms with van der Waals surface area (Å²) in [6.07, 6.45) is 81.2. The molecule has 0 N–H and O–H groups in total. The van der Waals surface area contributed by atoms with Gasteiger partial charge in [0.15, 0.2) is 12.4 Å². The zero-order valence-electron chi connectivity index (χ0n) is 54.4. The summed E-state index contributed by atoms with van der Waals surface area (Å²) in [6, 6.07) is 0. The van der Waals surface area contributed by atoms with Gasteiger partial charge < -0.3 is 33.3 Å². The molecule has 0 bridgehead atoms. The number of nitrogens with zero attached hydrogens (tertiary/aromatic N) is 1. The first-order chi connectivity index (χ1) is 40.1. The van der Waals surface area contributed by atoms with Gasteiger partial charge in [-0.25, -0.2) is 0 Å². The van der Waals surface area contributed by atoms with Gasteiger partial charge in [0, 0.05) is 12.8 Å². The second-order valence-electron chi connectivity index (χ2n) is 24.4. The van der Waals surface area contributed by atoms with E-state index in [-0.39, 0.29) is 32.2 Å². The molecule has 0 rings (SSSR count). The number of ether oxygens (including phenoxy) is 4. The smallest absolute Gasteiger partial charge is 0.306 e. The lowest BCUT2D eigenvalue weighted by molar-refractivity contribution is -0.870. The largest absolute Gasteiger partial charge is 0.545 e. The number of unbranched alkanes of at least 4 members (excludes halogenated alkanes) is 37. The van der Waals surface area contributed by atoms with E-state index in [0.29, 0.717) is 23.9 Å². The molecule has 0 aromatic carbocycles. The first-order valence-electron chi connectivity index (χ1n) is 34.6. The first-order valence-corrected chi connectivity index (χ1v) is 34.6. The number of carboxylic acid groups (broad SMARTS) is 1. The van der Waals surface area contributed by atoms with Crippen LogP contribution < -0.4 is 5.11 Å². The highest BCUT2D eigenvalue weighted by Gasteiger charge is 2.22. The summed E-state index contributed by atoms with van der Waals surface area (Å²) in [5, 5.41) is 11.8. The number of allylic oxidation sites excluding steroid dienone is 12. The Bertz CT molecular complexity index is 1570. The van der Waals surface area contributed by atoms with Crippen LogP contribution in [0.1, 0.15) is 316 Å². The Morgan fingerprint density at radius 3 is 1.04 bits per heavy atom. The predicted octanol–water partition coefficient (Wildman–Crippen LogP) is 20.0. The van der Waals surface area contributed by atoms with Crippen molar-refractivity contribution in [2.75, 3.05) is 47.5 Å². The van der Waals surface area contributed by atoms with Crippen LogP contribution in [0, 0.1) is 0 Å². The zero-order valence-corrected chi connectivity index (χ0v) is 54.4. The van der Waals surface area contributed by atoms with E-state index in [4.69, 9.17) is 18.9 Å². The number of hydrogen-bond donors (Lipinski definition) is 0. The molecule has 0 heterocycles. The van der Waals surface area contributed by atoms with Crippen molar-refractivity contribution in [3.63, 3.8) is 0 Å². The van der Waals surface area contributed by atoms with Crippen LogP contribution in [-0.2, 0) is 33.3 Å². The zero-order chi connectivity index (χ0) is 59.8. The van der Waals surface area contributed by atoms with Crippen molar-refractivity contribution in [1.82, 2.24) is 0 Å². The molecule has 0 spiro atoms. The Morgan fingerprint density at radius 2 is 0.695 bits per heavy atom. The molecular weight excluding hydrogens is 1020 g/mol. The molecule has 9 nitrogen and oxygen atoms in total. The molecule has 2 unspecified atom stereocenters. The number of carbonyl (C=O) groups is 3. The molecule has 0 amide bonds. The minimum absolute atomic E-state index is 0.148. The van der Waals surface area contributed by atoms with Crippen molar-refractivity contribution in [1.29, 1.82) is 0 Å². The fourth-order valence-electron chi connectivity index (χ4n) is 9.96. The fraction of sp³-hybridized carbons (Fsp3) is 0.795. The summed E-state index contributed by atoms with van der Waals surface area (Å²) in [6.45, 7) is 4.68. The minimum Gasteiger partial charge on any atom is -0.545 e. The molecule has 9 heteroatoms. The van der Waals surface area contributed by atoms with Crippen molar-refractivity contribution in [2.24, 2.45) is 0 Å². The van der Waals surface area contributed by atoms with E-state index in [0.717, 1.165) is 70.6 Å². The number of likely N-dealkylation sites (N-methyl/N-ethyl adjacent to an activating group) is 1. The average molecular weight is 1150 g/mol. The number of carbonyl (C=O) groups excluding carboxylic acids is 3. The Morgan fingerprint density at radius 1 is 0.378 bits per heavy atom. The molecular formula is C73H131NO8. The van der Waals surface area contributed by atoms with Gasteiger partial charge in [-0.15, -0.1) is 0 Å². The molecule has 0 fully saturated rings. The Balaban J connectivity index is 4.08. The number of quaternary nitrogens is 1. The maximum Gasteiger partial charge on any atom is 0.306 e. The van der Waals surface area contributed by atoms with Crippen molar-refractivity contribution in [3.8, 4) is 0 Å². The Hall–Kier alpha value is -3.27. The second-order valence-corrected chi connectivity index (χ2v) is 24.4. The predicted molar refractivity (Wildman–Crippen MR) is 348 cm³/mol. The van der Waals surface area contributed by atoms with E-state index < -0.39 is 24.3 Å². The highest BCUT2D eigenvalue weighted by Crippen LogP contribution is 2.18. The van der Waals surface area contributed by atoms with E-state index >= 15 is 0 Å². The number of aliphatic carboxylic acids is 1. The molecule has 476 valence electrons. The van der Waals surface area contributed by atoms with Crippen molar-refractivity contribution >= 4 is 17.9 Å². The van der Waals surface area contributed by atoms with Crippen LogP contribution in [0.4, 0.5) is 0 Å². The Kier molecular flexibility index (Phi) is 61.2. The fourth-order valence-corrected chi connectivity index (χ4v) is 9.96. The van der Waals surface area contributed by atoms with Gasteiger partial charge in [-0.1, -0.05) is 311 Å². The highest BCUT2D eigenvalue weighted by atomic mass is 16.7. The number of rotatable bonds is 64. The molecule has 0 aliphatic rings. The molecule has 0 saturated heterocycles. The lowest BCUT2D eigenvalue weighted by atomic mass is 10.0. The third-order valence-electron chi connectivity index (χ3n) is 15.2. The average Bonchev–Trinajstić information content (AvgIpc) is 3.45. The van der Waals surface area contributed by atoms with Gasteiger partial charge in [0.1, 0.15) is 13.2 Å². The van der Waals surface area contributed by atoms with Crippen molar-refractivity contribution < 1.29 is 42.9 Å². The number of esters is 2. The summed E-state index contributed by atoms with van der Waals surface area (Å²) in [5.74, 6) is -2.26. The van der Waals surface area contributed by atoms with Crippen LogP contribution >= 0.6 is 0 Å². The van der Waals surface area contributed by atoms with Crippen LogP contribution in [0.2, 0.25) is 0 Å². The van der Waals surface area contributed by atoms with E-state index in [2.05, 4.69) is 86.8 Å². The third-order valence-corrected chi connectivity index (χ3v) is 15.2. The van der Waals surface area contributed by atoms with Gasteiger partial charge in [-0.2, -0.15) is 0 Å². The lowest BCUT2D eigenvalue weighted by Gasteiger charge is -2.26. The maximum absolute atomic E-state index is 12.9. The summed E-state index contributed by atoms with van der Waals surface area (Å²) in [5.41, 5.74) is 0. The van der Waals surface area contributed by atoms with Gasteiger partial charge in [0.25, 0.3) is 0 Å². The monoisotopic (exact) mass is 1150 g/mol. The molecule has 0 aliphatic heterocycles. The topological polar surface area (TPSA) is 111 Å². The second kappa shape index (κ2) is 63.7. The Labute approximate surface area is 507 Å². The van der Waals surface area contributed by atoms with Crippen molar-refractivity contribution in [2.45, 2.75) is 328 Å².